The molecule has 25 heavy (non-hydrogen) atoms. The minimum Gasteiger partial charge on any atom is -0.493 e. The summed E-state index contributed by atoms with van der Waals surface area (Å²) in [5.41, 5.74) is 1.02. The van der Waals surface area contributed by atoms with E-state index < -0.39 is 0 Å². The molecule has 0 aliphatic heterocycles. The van der Waals surface area contributed by atoms with Crippen LogP contribution in [0.5, 0.6) is 11.5 Å². The summed E-state index contributed by atoms with van der Waals surface area (Å²) in [6.07, 6.45) is 5.13. The Balaban J connectivity index is 1.77. The molecule has 1 aromatic carbocycles. The van der Waals surface area contributed by atoms with E-state index >= 15 is 0 Å². The molecule has 0 radical (unpaired) electrons. The Hall–Kier alpha value is -2.06. The highest BCUT2D eigenvalue weighted by molar-refractivity contribution is 7.98. The van der Waals surface area contributed by atoms with Gasteiger partial charge in [-0.1, -0.05) is 30.4 Å². The Morgan fingerprint density at radius 1 is 1.16 bits per heavy atom. The zero-order valence-corrected chi connectivity index (χ0v) is 16.1. The van der Waals surface area contributed by atoms with Gasteiger partial charge in [0.05, 0.1) is 20.0 Å². The van der Waals surface area contributed by atoms with Crippen LogP contribution in [0.4, 0.5) is 0 Å². The molecule has 0 bridgehead atoms. The van der Waals surface area contributed by atoms with Crippen LogP contribution >= 0.6 is 23.1 Å². The lowest BCUT2D eigenvalue weighted by molar-refractivity contribution is 0.355. The molecular formula is C17H20N4O2S2. The van der Waals surface area contributed by atoms with E-state index in [1.165, 1.54) is 11.3 Å². The van der Waals surface area contributed by atoms with E-state index in [0.29, 0.717) is 11.5 Å². The second-order valence-electron chi connectivity index (χ2n) is 5.25. The Kier molecular flexibility index (Phi) is 5.93. The second kappa shape index (κ2) is 8.35. The van der Waals surface area contributed by atoms with Gasteiger partial charge in [-0.15, -0.1) is 10.2 Å². The van der Waals surface area contributed by atoms with Gasteiger partial charge in [0, 0.05) is 0 Å². The van der Waals surface area contributed by atoms with Crippen molar-refractivity contribution >= 4 is 40.2 Å². The number of rotatable bonds is 8. The monoisotopic (exact) mass is 376 g/mol. The van der Waals surface area contributed by atoms with Crippen LogP contribution in [0, 0.1) is 0 Å². The first-order valence-corrected chi connectivity index (χ1v) is 9.91. The van der Waals surface area contributed by atoms with Gasteiger partial charge in [-0.2, -0.15) is 21.4 Å². The fourth-order valence-corrected chi connectivity index (χ4v) is 3.82. The molecule has 2 aromatic heterocycles. The van der Waals surface area contributed by atoms with Crippen molar-refractivity contribution in [3.8, 4) is 11.5 Å². The summed E-state index contributed by atoms with van der Waals surface area (Å²) in [6.45, 7) is 2.17. The quantitative estimate of drug-likeness (QED) is 0.554. The van der Waals surface area contributed by atoms with Gasteiger partial charge in [0.2, 0.25) is 4.96 Å². The van der Waals surface area contributed by atoms with Gasteiger partial charge in [-0.25, -0.2) is 0 Å². The fourth-order valence-electron chi connectivity index (χ4n) is 2.26. The van der Waals surface area contributed by atoms with Gasteiger partial charge in [0.25, 0.3) is 0 Å². The molecule has 0 aliphatic carbocycles. The molecule has 132 valence electrons. The third-order valence-corrected chi connectivity index (χ3v) is 5.50. The van der Waals surface area contributed by atoms with Crippen molar-refractivity contribution in [2.24, 2.45) is 0 Å². The molecular weight excluding hydrogens is 356 g/mol. The van der Waals surface area contributed by atoms with Crippen molar-refractivity contribution in [1.82, 2.24) is 19.8 Å². The smallest absolute Gasteiger partial charge is 0.234 e. The number of methoxy groups -OCH3 is 2. The maximum Gasteiger partial charge on any atom is 0.234 e. The number of ether oxygens (including phenoxy) is 2. The van der Waals surface area contributed by atoms with Crippen LogP contribution in [0.25, 0.3) is 17.1 Å². The van der Waals surface area contributed by atoms with Gasteiger partial charge in [-0.05, 0) is 35.9 Å². The van der Waals surface area contributed by atoms with Gasteiger partial charge in [0.1, 0.15) is 5.01 Å². The molecule has 0 atom stereocenters. The number of fused-ring (bicyclic) bond motifs is 1. The number of nitrogens with zero attached hydrogens (tertiary/aromatic N) is 4. The predicted octanol–water partition coefficient (Wildman–Crippen LogP) is 4.02. The summed E-state index contributed by atoms with van der Waals surface area (Å²) in [5, 5.41) is 13.9. The minimum absolute atomic E-state index is 0.707. The molecule has 6 nitrogen and oxygen atoms in total. The van der Waals surface area contributed by atoms with E-state index in [1.54, 1.807) is 14.2 Å². The Labute approximate surface area is 154 Å². The van der Waals surface area contributed by atoms with Crippen LogP contribution in [0.2, 0.25) is 0 Å². The number of thioether (sulfide) groups is 1. The zero-order valence-electron chi connectivity index (χ0n) is 14.4. The van der Waals surface area contributed by atoms with Gasteiger partial charge < -0.3 is 9.47 Å². The van der Waals surface area contributed by atoms with E-state index in [-0.39, 0.29) is 0 Å². The Morgan fingerprint density at radius 3 is 2.76 bits per heavy atom. The predicted molar refractivity (Wildman–Crippen MR) is 104 cm³/mol. The van der Waals surface area contributed by atoms with E-state index in [0.717, 1.165) is 39.3 Å². The van der Waals surface area contributed by atoms with E-state index in [1.807, 2.05) is 46.6 Å². The molecule has 3 aromatic rings. The summed E-state index contributed by atoms with van der Waals surface area (Å²) < 4.78 is 12.4. The van der Waals surface area contributed by atoms with Crippen molar-refractivity contribution in [2.75, 3.05) is 20.0 Å². The molecule has 8 heteroatoms. The first kappa shape index (κ1) is 17.8. The lowest BCUT2D eigenvalue weighted by Gasteiger charge is -2.07. The third kappa shape index (κ3) is 4.13. The van der Waals surface area contributed by atoms with E-state index in [2.05, 4.69) is 22.2 Å². The number of hydrogen-bond acceptors (Lipinski definition) is 7. The SMILES string of the molecule is CCCSCc1nnc2sc(C=Cc3ccc(OC)c(OC)c3)nn12. The summed E-state index contributed by atoms with van der Waals surface area (Å²) in [4.78, 5) is 0.819. The van der Waals surface area contributed by atoms with Crippen LogP contribution < -0.4 is 9.47 Å². The van der Waals surface area contributed by atoms with Crippen molar-refractivity contribution in [2.45, 2.75) is 19.1 Å². The first-order chi connectivity index (χ1) is 12.2. The summed E-state index contributed by atoms with van der Waals surface area (Å²) in [6, 6.07) is 5.80. The number of hydrogen-bond donors (Lipinski definition) is 0. The van der Waals surface area contributed by atoms with Crippen LogP contribution in [-0.4, -0.2) is 39.8 Å². The van der Waals surface area contributed by atoms with Crippen molar-refractivity contribution < 1.29 is 9.47 Å². The van der Waals surface area contributed by atoms with Crippen molar-refractivity contribution in [3.63, 3.8) is 0 Å². The van der Waals surface area contributed by atoms with Crippen LogP contribution in [0.15, 0.2) is 18.2 Å². The maximum absolute atomic E-state index is 5.33. The highest BCUT2D eigenvalue weighted by atomic mass is 32.2. The molecule has 0 unspecified atom stereocenters. The topological polar surface area (TPSA) is 61.5 Å². The molecule has 0 N–H and O–H groups in total. The standard InChI is InChI=1S/C17H20N4O2S2/c1-4-9-24-11-15-18-19-17-21(15)20-16(25-17)8-6-12-5-7-13(22-2)14(10-12)23-3/h5-8,10H,4,9,11H2,1-3H3. The number of aromatic nitrogens is 4. The highest BCUT2D eigenvalue weighted by Gasteiger charge is 2.10. The minimum atomic E-state index is 0.707. The van der Waals surface area contributed by atoms with E-state index in [4.69, 9.17) is 9.47 Å². The molecule has 0 saturated carbocycles. The summed E-state index contributed by atoms with van der Waals surface area (Å²) >= 11 is 3.37. The zero-order chi connectivity index (χ0) is 17.6. The summed E-state index contributed by atoms with van der Waals surface area (Å²) in [5.74, 6) is 4.27. The average Bonchev–Trinajstić information content (AvgIpc) is 3.21. The van der Waals surface area contributed by atoms with Crippen molar-refractivity contribution in [1.29, 1.82) is 0 Å². The van der Waals surface area contributed by atoms with Gasteiger partial charge >= 0.3 is 0 Å². The normalized spacial score (nSPS) is 11.5. The Bertz CT molecular complexity index is 873. The van der Waals surface area contributed by atoms with E-state index in [9.17, 15) is 0 Å². The highest BCUT2D eigenvalue weighted by Crippen LogP contribution is 2.28. The summed E-state index contributed by atoms with van der Waals surface area (Å²) in [7, 11) is 3.26. The molecule has 3 rings (SSSR count). The van der Waals surface area contributed by atoms with Gasteiger partial charge in [0.15, 0.2) is 17.3 Å². The lowest BCUT2D eigenvalue weighted by Crippen LogP contribution is -1.94. The molecule has 0 saturated heterocycles. The molecule has 2 heterocycles. The molecule has 0 aliphatic rings. The molecule has 0 spiro atoms. The van der Waals surface area contributed by atoms with Crippen LogP contribution in [0.3, 0.4) is 0 Å². The first-order valence-electron chi connectivity index (χ1n) is 7.94. The average molecular weight is 377 g/mol. The lowest BCUT2D eigenvalue weighted by atomic mass is 10.2. The molecule has 0 amide bonds. The van der Waals surface area contributed by atoms with Crippen LogP contribution in [-0.2, 0) is 5.75 Å². The maximum atomic E-state index is 5.33. The van der Waals surface area contributed by atoms with Crippen molar-refractivity contribution in [3.05, 3.63) is 34.6 Å². The fraction of sp³-hybridized carbons (Fsp3) is 0.353. The Morgan fingerprint density at radius 2 is 2.00 bits per heavy atom. The molecule has 0 fully saturated rings. The second-order valence-corrected chi connectivity index (χ2v) is 7.34. The largest absolute Gasteiger partial charge is 0.493 e. The third-order valence-electron chi connectivity index (χ3n) is 3.48. The van der Waals surface area contributed by atoms with Gasteiger partial charge in [-0.3, -0.25) is 0 Å². The van der Waals surface area contributed by atoms with Crippen LogP contribution in [0.1, 0.15) is 29.7 Å². The number of benzene rings is 1.